The molecule has 0 bridgehead atoms. The van der Waals surface area contributed by atoms with Gasteiger partial charge in [0.1, 0.15) is 22.8 Å². The molecule has 0 radical (unpaired) electrons. The Labute approximate surface area is 215 Å². The van der Waals surface area contributed by atoms with Crippen LogP contribution in [0.25, 0.3) is 10.9 Å². The van der Waals surface area contributed by atoms with Gasteiger partial charge in [0.15, 0.2) is 5.82 Å². The van der Waals surface area contributed by atoms with Crippen molar-refractivity contribution in [1.29, 1.82) is 0 Å². The van der Waals surface area contributed by atoms with Crippen LogP contribution in [0.3, 0.4) is 0 Å². The lowest BCUT2D eigenvalue weighted by Crippen LogP contribution is -2.62. The highest BCUT2D eigenvalue weighted by Crippen LogP contribution is 2.44. The van der Waals surface area contributed by atoms with E-state index in [9.17, 15) is 4.79 Å². The average molecular weight is 631 g/mol. The van der Waals surface area contributed by atoms with Crippen LogP contribution in [0.15, 0.2) is 10.5 Å². The molecule has 1 aromatic heterocycles. The lowest BCUT2D eigenvalue weighted by atomic mass is 9.72. The summed E-state index contributed by atoms with van der Waals surface area (Å²) >= 11 is 5.54. The van der Waals surface area contributed by atoms with Gasteiger partial charge in [-0.05, 0) is 91.0 Å². The number of benzene rings is 1. The Morgan fingerprint density at radius 1 is 1.24 bits per heavy atom. The second-order valence-corrected chi connectivity index (χ2v) is 12.7. The van der Waals surface area contributed by atoms with Gasteiger partial charge in [0.2, 0.25) is 0 Å². The molecule has 1 saturated carbocycles. The highest BCUT2D eigenvalue weighted by molar-refractivity contribution is 14.1. The number of piperidine rings is 1. The Balaban J connectivity index is 1.36. The smallest absolute Gasteiger partial charge is 0.410 e. The summed E-state index contributed by atoms with van der Waals surface area (Å²) in [4.78, 5) is 26.1. The summed E-state index contributed by atoms with van der Waals surface area (Å²) in [6.45, 7) is 8.85. The third-order valence-electron chi connectivity index (χ3n) is 7.12. The van der Waals surface area contributed by atoms with Crippen LogP contribution in [0.4, 0.5) is 15.0 Å². The van der Waals surface area contributed by atoms with Crippen molar-refractivity contribution in [2.24, 2.45) is 5.41 Å². The molecule has 9 heteroatoms. The summed E-state index contributed by atoms with van der Waals surface area (Å²) in [6.07, 6.45) is 5.06. The average Bonchev–Trinajstić information content (AvgIpc) is 2.68. The molecule has 5 rings (SSSR count). The normalized spacial score (nSPS) is 20.7. The second-order valence-electron chi connectivity index (χ2n) is 10.7. The molecule has 3 aliphatic rings. The largest absolute Gasteiger partial charge is 0.444 e. The van der Waals surface area contributed by atoms with Gasteiger partial charge in [-0.15, -0.1) is 0 Å². The first-order valence-corrected chi connectivity index (χ1v) is 13.5. The van der Waals surface area contributed by atoms with E-state index in [1.54, 1.807) is 0 Å². The van der Waals surface area contributed by atoms with E-state index in [0.29, 0.717) is 15.9 Å². The van der Waals surface area contributed by atoms with Crippen LogP contribution >= 0.6 is 38.5 Å². The van der Waals surface area contributed by atoms with E-state index in [2.05, 4.69) is 48.4 Å². The van der Waals surface area contributed by atoms with Gasteiger partial charge in [-0.3, -0.25) is 0 Å². The molecule has 1 amide bonds. The minimum atomic E-state index is -0.475. The summed E-state index contributed by atoms with van der Waals surface area (Å²) < 4.78 is 22.0. The maximum Gasteiger partial charge on any atom is 0.410 e. The van der Waals surface area contributed by atoms with Gasteiger partial charge < -0.3 is 14.5 Å². The summed E-state index contributed by atoms with van der Waals surface area (Å²) in [5, 5.41) is 0.781. The first kappa shape index (κ1) is 23.5. The molecule has 3 fully saturated rings. The maximum atomic E-state index is 15.2. The third-order valence-corrected chi connectivity index (χ3v) is 9.49. The molecule has 1 spiro atoms. The molecule has 1 aromatic carbocycles. The Kier molecular flexibility index (Phi) is 6.03. The Hall–Kier alpha value is -1.23. The Bertz CT molecular complexity index is 1100. The second kappa shape index (κ2) is 8.46. The molecular formula is C24H29BrFIN4O2. The van der Waals surface area contributed by atoms with Crippen LogP contribution in [0.1, 0.15) is 64.6 Å². The van der Waals surface area contributed by atoms with Gasteiger partial charge in [-0.2, -0.15) is 0 Å². The number of likely N-dealkylation sites (tertiary alicyclic amines) is 1. The minimum absolute atomic E-state index is 0.149. The molecule has 2 aromatic rings. The number of hydrogen-bond acceptors (Lipinski definition) is 5. The molecule has 0 N–H and O–H groups in total. The fourth-order valence-corrected chi connectivity index (χ4v) is 5.84. The van der Waals surface area contributed by atoms with Crippen LogP contribution in [-0.2, 0) is 4.74 Å². The Morgan fingerprint density at radius 3 is 2.48 bits per heavy atom. The third kappa shape index (κ3) is 4.44. The van der Waals surface area contributed by atoms with Gasteiger partial charge in [-0.25, -0.2) is 19.2 Å². The zero-order chi connectivity index (χ0) is 23.5. The van der Waals surface area contributed by atoms with Crippen molar-refractivity contribution in [2.45, 2.75) is 64.4 Å². The molecule has 1 aliphatic carbocycles. The standard InChI is InChI=1S/C24H29BrFIN4O2/c1-23(2,3)33-22(32)31-12-24(13-31)7-9-30(10-8-24)21-15-11-16(27)17(25)18(26)19(15)28-20(29-21)14-5-4-6-14/h11,14H,4-10,12-13H2,1-3H3. The number of halogens is 3. The number of nitrogens with zero attached hydrogens (tertiary/aromatic N) is 4. The number of hydrogen-bond donors (Lipinski definition) is 0. The molecule has 0 atom stereocenters. The molecule has 0 unspecified atom stereocenters. The topological polar surface area (TPSA) is 58.6 Å². The van der Waals surface area contributed by atoms with E-state index in [-0.39, 0.29) is 17.3 Å². The van der Waals surface area contributed by atoms with Gasteiger partial charge in [0.05, 0.1) is 4.47 Å². The van der Waals surface area contributed by atoms with E-state index in [0.717, 1.165) is 72.5 Å². The zero-order valence-electron chi connectivity index (χ0n) is 19.3. The zero-order valence-corrected chi connectivity index (χ0v) is 23.0. The highest BCUT2D eigenvalue weighted by atomic mass is 127. The number of carbonyl (C=O) groups excluding carboxylic acids is 1. The number of aromatic nitrogens is 2. The van der Waals surface area contributed by atoms with Crippen LogP contribution in [-0.4, -0.2) is 52.7 Å². The van der Waals surface area contributed by atoms with E-state index >= 15 is 4.39 Å². The van der Waals surface area contributed by atoms with Crippen molar-refractivity contribution in [3.05, 3.63) is 25.8 Å². The number of amides is 1. The van der Waals surface area contributed by atoms with Crippen molar-refractivity contribution < 1.29 is 13.9 Å². The van der Waals surface area contributed by atoms with E-state index in [1.165, 1.54) is 6.42 Å². The van der Waals surface area contributed by atoms with Gasteiger partial charge >= 0.3 is 6.09 Å². The number of fused-ring (bicyclic) bond motifs is 1. The monoisotopic (exact) mass is 630 g/mol. The molecule has 6 nitrogen and oxygen atoms in total. The minimum Gasteiger partial charge on any atom is -0.444 e. The summed E-state index contributed by atoms with van der Waals surface area (Å²) in [7, 11) is 0. The van der Waals surface area contributed by atoms with Crippen LogP contribution in [0, 0.1) is 14.8 Å². The van der Waals surface area contributed by atoms with Crippen LogP contribution < -0.4 is 4.90 Å². The highest BCUT2D eigenvalue weighted by Gasteiger charge is 2.48. The number of ether oxygens (including phenoxy) is 1. The number of carbonyl (C=O) groups is 1. The van der Waals surface area contributed by atoms with Crippen LogP contribution in [0.2, 0.25) is 0 Å². The van der Waals surface area contributed by atoms with Crippen molar-refractivity contribution in [2.75, 3.05) is 31.1 Å². The van der Waals surface area contributed by atoms with E-state index in [1.807, 2.05) is 31.7 Å². The van der Waals surface area contributed by atoms with Crippen molar-refractivity contribution >= 4 is 61.3 Å². The Morgan fingerprint density at radius 2 is 1.91 bits per heavy atom. The first-order valence-electron chi connectivity index (χ1n) is 11.6. The number of anilines is 1. The van der Waals surface area contributed by atoms with Crippen molar-refractivity contribution in [3.63, 3.8) is 0 Å². The summed E-state index contributed by atoms with van der Waals surface area (Å²) in [6, 6.07) is 1.99. The van der Waals surface area contributed by atoms with E-state index < -0.39 is 5.60 Å². The molecule has 3 heterocycles. The molecule has 2 aliphatic heterocycles. The SMILES string of the molecule is CC(C)(C)OC(=O)N1CC2(CCN(c3nc(C4CCC4)nc4c(F)c(Br)c(I)cc34)CC2)C1. The molecule has 2 saturated heterocycles. The first-order chi connectivity index (χ1) is 15.6. The lowest BCUT2D eigenvalue weighted by molar-refractivity contribution is -0.0434. The molecular weight excluding hydrogens is 602 g/mol. The quantitative estimate of drug-likeness (QED) is 0.290. The van der Waals surface area contributed by atoms with Gasteiger partial charge in [0.25, 0.3) is 0 Å². The molecule has 33 heavy (non-hydrogen) atoms. The lowest BCUT2D eigenvalue weighted by Gasteiger charge is -2.53. The van der Waals surface area contributed by atoms with Crippen molar-refractivity contribution in [3.8, 4) is 0 Å². The van der Waals surface area contributed by atoms with E-state index in [4.69, 9.17) is 9.72 Å². The predicted molar refractivity (Wildman–Crippen MR) is 138 cm³/mol. The fourth-order valence-electron chi connectivity index (χ4n) is 4.99. The molecule has 178 valence electrons. The maximum absolute atomic E-state index is 15.2. The summed E-state index contributed by atoms with van der Waals surface area (Å²) in [5.41, 5.74) is 0.0849. The van der Waals surface area contributed by atoms with Crippen LogP contribution in [0.5, 0.6) is 0 Å². The predicted octanol–water partition coefficient (Wildman–Crippen LogP) is 6.24. The van der Waals surface area contributed by atoms with Crippen molar-refractivity contribution in [1.82, 2.24) is 14.9 Å². The van der Waals surface area contributed by atoms with Gasteiger partial charge in [-0.1, -0.05) is 6.42 Å². The summed E-state index contributed by atoms with van der Waals surface area (Å²) in [5.74, 6) is 1.65. The van der Waals surface area contributed by atoms with Gasteiger partial charge in [0, 0.05) is 46.5 Å². The number of rotatable bonds is 2. The fraction of sp³-hybridized carbons (Fsp3) is 0.625.